The fourth-order valence-corrected chi connectivity index (χ4v) is 1.48. The van der Waals surface area contributed by atoms with Crippen molar-refractivity contribution in [1.29, 1.82) is 0 Å². The molecule has 0 fully saturated rings. The second-order valence-electron chi connectivity index (χ2n) is 5.01. The van der Waals surface area contributed by atoms with E-state index in [1.54, 1.807) is 0 Å². The van der Waals surface area contributed by atoms with Gasteiger partial charge in [0.2, 0.25) is 0 Å². The first-order chi connectivity index (χ1) is 9.86. The van der Waals surface area contributed by atoms with E-state index in [9.17, 15) is 18.4 Å². The summed E-state index contributed by atoms with van der Waals surface area (Å²) in [6.07, 6.45) is 0.321. The standard InChI is InChI=1S/C15H18F2O4/c1-10(2)9-20-14(18)4-3-5-15(19)21-13-7-11(16)6-12(17)8-13/h6-8,10H,3-5,9H2,1-2H3. The summed E-state index contributed by atoms with van der Waals surface area (Å²) in [6, 6.07) is 2.51. The molecule has 0 N–H and O–H groups in total. The van der Waals surface area contributed by atoms with Crippen LogP contribution in [0.1, 0.15) is 33.1 Å². The Kier molecular flexibility index (Phi) is 6.78. The summed E-state index contributed by atoms with van der Waals surface area (Å²) in [5.74, 6) is -2.63. The van der Waals surface area contributed by atoms with E-state index in [1.807, 2.05) is 13.8 Å². The van der Waals surface area contributed by atoms with Gasteiger partial charge in [0, 0.05) is 31.0 Å². The Bertz CT molecular complexity index is 480. The van der Waals surface area contributed by atoms with E-state index in [0.29, 0.717) is 12.7 Å². The quantitative estimate of drug-likeness (QED) is 0.573. The highest BCUT2D eigenvalue weighted by Gasteiger charge is 2.10. The monoisotopic (exact) mass is 300 g/mol. The number of carbonyl (C=O) groups is 2. The Morgan fingerprint density at radius 1 is 1.05 bits per heavy atom. The molecule has 0 atom stereocenters. The predicted octanol–water partition coefficient (Wildman–Crippen LogP) is 3.24. The molecule has 0 saturated heterocycles. The second kappa shape index (κ2) is 8.34. The van der Waals surface area contributed by atoms with Gasteiger partial charge in [0.15, 0.2) is 0 Å². The van der Waals surface area contributed by atoms with Crippen LogP contribution < -0.4 is 4.74 Å². The van der Waals surface area contributed by atoms with Crippen molar-refractivity contribution in [1.82, 2.24) is 0 Å². The van der Waals surface area contributed by atoms with Crippen molar-refractivity contribution < 1.29 is 27.8 Å². The zero-order chi connectivity index (χ0) is 15.8. The maximum atomic E-state index is 12.9. The number of benzene rings is 1. The zero-order valence-corrected chi connectivity index (χ0v) is 12.0. The molecule has 1 aromatic carbocycles. The summed E-state index contributed by atoms with van der Waals surface area (Å²) >= 11 is 0. The summed E-state index contributed by atoms with van der Waals surface area (Å²) in [6.45, 7) is 4.18. The van der Waals surface area contributed by atoms with Gasteiger partial charge in [-0.05, 0) is 12.3 Å². The number of halogens is 2. The minimum atomic E-state index is -0.824. The Morgan fingerprint density at radius 3 is 2.19 bits per heavy atom. The smallest absolute Gasteiger partial charge is 0.311 e. The molecule has 0 aliphatic heterocycles. The predicted molar refractivity (Wildman–Crippen MR) is 71.6 cm³/mol. The Morgan fingerprint density at radius 2 is 1.62 bits per heavy atom. The normalized spacial score (nSPS) is 10.5. The van der Waals surface area contributed by atoms with E-state index >= 15 is 0 Å². The third kappa shape index (κ3) is 7.39. The largest absolute Gasteiger partial charge is 0.465 e. The van der Waals surface area contributed by atoms with Crippen LogP contribution in [0.15, 0.2) is 18.2 Å². The molecule has 0 aromatic heterocycles. The van der Waals surface area contributed by atoms with Gasteiger partial charge in [0.25, 0.3) is 0 Å². The highest BCUT2D eigenvalue weighted by atomic mass is 19.1. The van der Waals surface area contributed by atoms with Gasteiger partial charge in [0.05, 0.1) is 6.61 Å². The number of carbonyl (C=O) groups excluding carboxylic acids is 2. The van der Waals surface area contributed by atoms with Crippen LogP contribution in [0.5, 0.6) is 5.75 Å². The van der Waals surface area contributed by atoms with Gasteiger partial charge in [-0.25, -0.2) is 8.78 Å². The van der Waals surface area contributed by atoms with Gasteiger partial charge >= 0.3 is 11.9 Å². The highest BCUT2D eigenvalue weighted by Crippen LogP contribution is 2.16. The molecule has 116 valence electrons. The first kappa shape index (κ1) is 17.1. The third-order valence-corrected chi connectivity index (χ3v) is 2.41. The van der Waals surface area contributed by atoms with Gasteiger partial charge in [-0.2, -0.15) is 0 Å². The number of esters is 2. The summed E-state index contributed by atoms with van der Waals surface area (Å²) in [5.41, 5.74) is 0. The van der Waals surface area contributed by atoms with Gasteiger partial charge in [-0.15, -0.1) is 0 Å². The van der Waals surface area contributed by atoms with E-state index in [0.717, 1.165) is 12.1 Å². The lowest BCUT2D eigenvalue weighted by Crippen LogP contribution is -2.12. The molecule has 21 heavy (non-hydrogen) atoms. The van der Waals surface area contributed by atoms with Crippen molar-refractivity contribution in [2.24, 2.45) is 5.92 Å². The summed E-state index contributed by atoms with van der Waals surface area (Å²) in [4.78, 5) is 22.8. The van der Waals surface area contributed by atoms with Crippen LogP contribution in [0, 0.1) is 17.6 Å². The molecule has 0 heterocycles. The molecular weight excluding hydrogens is 282 g/mol. The van der Waals surface area contributed by atoms with Crippen LogP contribution in [0.2, 0.25) is 0 Å². The lowest BCUT2D eigenvalue weighted by molar-refractivity contribution is -0.145. The minimum Gasteiger partial charge on any atom is -0.465 e. The molecule has 0 unspecified atom stereocenters. The summed E-state index contributed by atoms with van der Waals surface area (Å²) < 4.78 is 35.5. The molecule has 4 nitrogen and oxygen atoms in total. The van der Waals surface area contributed by atoms with Gasteiger partial charge in [-0.1, -0.05) is 13.8 Å². The Labute approximate surface area is 122 Å². The number of hydrogen-bond acceptors (Lipinski definition) is 4. The Balaban J connectivity index is 2.29. The van der Waals surface area contributed by atoms with Crippen LogP contribution >= 0.6 is 0 Å². The van der Waals surface area contributed by atoms with Crippen molar-refractivity contribution in [3.05, 3.63) is 29.8 Å². The molecule has 0 saturated carbocycles. The molecule has 0 amide bonds. The van der Waals surface area contributed by atoms with Crippen LogP contribution in [0.3, 0.4) is 0 Å². The van der Waals surface area contributed by atoms with E-state index < -0.39 is 17.6 Å². The van der Waals surface area contributed by atoms with Crippen LogP contribution in [0.25, 0.3) is 0 Å². The van der Waals surface area contributed by atoms with Gasteiger partial charge in [-0.3, -0.25) is 9.59 Å². The van der Waals surface area contributed by atoms with Gasteiger partial charge in [0.1, 0.15) is 17.4 Å². The minimum absolute atomic E-state index is 0.0328. The second-order valence-corrected chi connectivity index (χ2v) is 5.01. The van der Waals surface area contributed by atoms with Crippen molar-refractivity contribution in [3.63, 3.8) is 0 Å². The number of hydrogen-bond donors (Lipinski definition) is 0. The first-order valence-corrected chi connectivity index (χ1v) is 6.69. The highest BCUT2D eigenvalue weighted by molar-refractivity contribution is 5.74. The molecule has 0 aliphatic carbocycles. The number of ether oxygens (including phenoxy) is 2. The molecule has 1 rings (SSSR count). The summed E-state index contributed by atoms with van der Waals surface area (Å²) in [7, 11) is 0. The van der Waals surface area contributed by atoms with Crippen LogP contribution in [0.4, 0.5) is 8.78 Å². The summed E-state index contributed by atoms with van der Waals surface area (Å²) in [5, 5.41) is 0. The third-order valence-electron chi connectivity index (χ3n) is 2.41. The van der Waals surface area contributed by atoms with Crippen LogP contribution in [-0.4, -0.2) is 18.5 Å². The van der Waals surface area contributed by atoms with Crippen molar-refractivity contribution in [3.8, 4) is 5.75 Å². The van der Waals surface area contributed by atoms with Crippen molar-refractivity contribution >= 4 is 11.9 Å². The molecule has 0 aliphatic rings. The van der Waals surface area contributed by atoms with E-state index in [4.69, 9.17) is 9.47 Å². The van der Waals surface area contributed by atoms with Crippen LogP contribution in [-0.2, 0) is 14.3 Å². The maximum absolute atomic E-state index is 12.9. The SMILES string of the molecule is CC(C)COC(=O)CCCC(=O)Oc1cc(F)cc(F)c1. The lowest BCUT2D eigenvalue weighted by Gasteiger charge is -2.07. The molecule has 0 spiro atoms. The molecule has 1 aromatic rings. The zero-order valence-electron chi connectivity index (χ0n) is 12.0. The molecule has 0 bridgehead atoms. The Hall–Kier alpha value is -1.98. The first-order valence-electron chi connectivity index (χ1n) is 6.69. The lowest BCUT2D eigenvalue weighted by atomic mass is 10.2. The van der Waals surface area contributed by atoms with Crippen molar-refractivity contribution in [2.45, 2.75) is 33.1 Å². The molecular formula is C15H18F2O4. The average Bonchev–Trinajstić information content (AvgIpc) is 2.34. The van der Waals surface area contributed by atoms with E-state index in [1.165, 1.54) is 0 Å². The van der Waals surface area contributed by atoms with E-state index in [2.05, 4.69) is 0 Å². The van der Waals surface area contributed by atoms with Crippen molar-refractivity contribution in [2.75, 3.05) is 6.61 Å². The maximum Gasteiger partial charge on any atom is 0.311 e. The number of rotatable bonds is 7. The van der Waals surface area contributed by atoms with E-state index in [-0.39, 0.29) is 36.9 Å². The van der Waals surface area contributed by atoms with Gasteiger partial charge < -0.3 is 9.47 Å². The topological polar surface area (TPSA) is 52.6 Å². The molecule has 6 heteroatoms. The average molecular weight is 300 g/mol. The molecule has 0 radical (unpaired) electrons. The fraction of sp³-hybridized carbons (Fsp3) is 0.467. The fourth-order valence-electron chi connectivity index (χ4n) is 1.48.